The molecule has 0 bridgehead atoms. The van der Waals surface area contributed by atoms with Gasteiger partial charge in [-0.2, -0.15) is 5.10 Å². The van der Waals surface area contributed by atoms with Gasteiger partial charge in [0.2, 0.25) is 0 Å². The van der Waals surface area contributed by atoms with Gasteiger partial charge in [-0.15, -0.1) is 11.3 Å². The average Bonchev–Trinajstić information content (AvgIpc) is 3.01. The fraction of sp³-hybridized carbons (Fsp3) is 0.462. The number of aromatic nitrogens is 2. The van der Waals surface area contributed by atoms with Crippen LogP contribution in [0.3, 0.4) is 0 Å². The van der Waals surface area contributed by atoms with Gasteiger partial charge in [-0.1, -0.05) is 13.8 Å². The second-order valence-electron chi connectivity index (χ2n) is 4.24. The maximum atomic E-state index is 5.76. The van der Waals surface area contributed by atoms with Crippen molar-refractivity contribution in [1.29, 1.82) is 0 Å². The molecule has 0 aliphatic heterocycles. The van der Waals surface area contributed by atoms with Gasteiger partial charge in [-0.25, -0.2) is 5.43 Å². The number of thiophene rings is 1. The number of aryl methyl sites for hydroxylation is 2. The van der Waals surface area contributed by atoms with E-state index in [9.17, 15) is 0 Å². The zero-order chi connectivity index (χ0) is 13.0. The maximum Gasteiger partial charge on any atom is 0.0972 e. The summed E-state index contributed by atoms with van der Waals surface area (Å²) in [6, 6.07) is 4.25. The standard InChI is InChI=1S/C13H20N4S/c1-3-8-17-11(5-7-15-17)12(16-14)13-10(4-2)6-9-18-13/h5-7,9,12,16H,3-4,8,14H2,1-2H3. The minimum absolute atomic E-state index is 0.0361. The van der Waals surface area contributed by atoms with Crippen molar-refractivity contribution < 1.29 is 0 Å². The third-order valence-corrected chi connectivity index (χ3v) is 4.10. The largest absolute Gasteiger partial charge is 0.270 e. The van der Waals surface area contributed by atoms with Crippen LogP contribution in [0.4, 0.5) is 0 Å². The number of nitrogens with two attached hydrogens (primary N) is 1. The minimum Gasteiger partial charge on any atom is -0.270 e. The van der Waals surface area contributed by atoms with Gasteiger partial charge in [0.15, 0.2) is 0 Å². The molecule has 98 valence electrons. The molecule has 0 saturated carbocycles. The molecule has 4 nitrogen and oxygen atoms in total. The first-order chi connectivity index (χ1) is 8.81. The van der Waals surface area contributed by atoms with Gasteiger partial charge in [0.1, 0.15) is 0 Å². The van der Waals surface area contributed by atoms with Crippen molar-refractivity contribution in [3.05, 3.63) is 39.8 Å². The van der Waals surface area contributed by atoms with Crippen molar-refractivity contribution in [2.24, 2.45) is 5.84 Å². The molecular formula is C13H20N4S. The van der Waals surface area contributed by atoms with E-state index in [0.717, 1.165) is 25.1 Å². The molecule has 1 atom stereocenters. The van der Waals surface area contributed by atoms with E-state index in [1.165, 1.54) is 10.4 Å². The SMILES string of the molecule is CCCn1nccc1C(NN)c1sccc1CC. The molecule has 0 radical (unpaired) electrons. The maximum absolute atomic E-state index is 5.76. The molecule has 0 amide bonds. The van der Waals surface area contributed by atoms with Gasteiger partial charge in [-0.05, 0) is 35.9 Å². The highest BCUT2D eigenvalue weighted by Crippen LogP contribution is 2.29. The number of hydrazine groups is 1. The Morgan fingerprint density at radius 3 is 2.94 bits per heavy atom. The monoisotopic (exact) mass is 264 g/mol. The van der Waals surface area contributed by atoms with Crippen molar-refractivity contribution in [2.75, 3.05) is 0 Å². The zero-order valence-electron chi connectivity index (χ0n) is 10.9. The molecule has 2 aromatic heterocycles. The lowest BCUT2D eigenvalue weighted by Crippen LogP contribution is -2.30. The number of nitrogens with one attached hydrogen (secondary N) is 1. The Labute approximate surface area is 112 Å². The first kappa shape index (κ1) is 13.3. The molecule has 0 aliphatic carbocycles. The molecule has 2 heterocycles. The van der Waals surface area contributed by atoms with E-state index in [0.29, 0.717) is 0 Å². The van der Waals surface area contributed by atoms with E-state index in [1.54, 1.807) is 11.3 Å². The highest BCUT2D eigenvalue weighted by Gasteiger charge is 2.20. The Morgan fingerprint density at radius 2 is 2.28 bits per heavy atom. The van der Waals surface area contributed by atoms with Gasteiger partial charge in [-0.3, -0.25) is 10.5 Å². The summed E-state index contributed by atoms with van der Waals surface area (Å²) in [4.78, 5) is 1.29. The molecule has 0 spiro atoms. The molecule has 0 fully saturated rings. The highest BCUT2D eigenvalue weighted by molar-refractivity contribution is 7.10. The quantitative estimate of drug-likeness (QED) is 0.622. The van der Waals surface area contributed by atoms with E-state index in [2.05, 4.69) is 35.8 Å². The van der Waals surface area contributed by atoms with Gasteiger partial charge in [0, 0.05) is 17.6 Å². The summed E-state index contributed by atoms with van der Waals surface area (Å²) >= 11 is 1.75. The Hall–Kier alpha value is -1.17. The van der Waals surface area contributed by atoms with Gasteiger partial charge >= 0.3 is 0 Å². The second-order valence-corrected chi connectivity index (χ2v) is 5.19. The van der Waals surface area contributed by atoms with Crippen LogP contribution < -0.4 is 11.3 Å². The van der Waals surface area contributed by atoms with E-state index < -0.39 is 0 Å². The summed E-state index contributed by atoms with van der Waals surface area (Å²) in [5.41, 5.74) is 5.42. The zero-order valence-corrected chi connectivity index (χ0v) is 11.7. The van der Waals surface area contributed by atoms with Crippen molar-refractivity contribution in [3.8, 4) is 0 Å². The van der Waals surface area contributed by atoms with Crippen molar-refractivity contribution in [1.82, 2.24) is 15.2 Å². The Balaban J connectivity index is 2.36. The average molecular weight is 264 g/mol. The van der Waals surface area contributed by atoms with Gasteiger partial charge in [0.25, 0.3) is 0 Å². The molecule has 2 rings (SSSR count). The van der Waals surface area contributed by atoms with Crippen LogP contribution >= 0.6 is 11.3 Å². The first-order valence-corrected chi connectivity index (χ1v) is 7.23. The van der Waals surface area contributed by atoms with Crippen molar-refractivity contribution in [3.63, 3.8) is 0 Å². The Bertz CT molecular complexity index is 489. The van der Waals surface area contributed by atoms with Crippen LogP contribution in [0.1, 0.15) is 42.4 Å². The molecule has 2 aromatic rings. The van der Waals surface area contributed by atoms with Crippen LogP contribution in [0.5, 0.6) is 0 Å². The third kappa shape index (κ3) is 2.48. The lowest BCUT2D eigenvalue weighted by molar-refractivity contribution is 0.523. The van der Waals surface area contributed by atoms with Gasteiger partial charge in [0.05, 0.1) is 11.7 Å². The van der Waals surface area contributed by atoms with Crippen LogP contribution in [0.25, 0.3) is 0 Å². The first-order valence-electron chi connectivity index (χ1n) is 6.35. The molecule has 1 unspecified atom stereocenters. The van der Waals surface area contributed by atoms with E-state index in [-0.39, 0.29) is 6.04 Å². The van der Waals surface area contributed by atoms with E-state index in [4.69, 9.17) is 5.84 Å². The number of rotatable bonds is 6. The lowest BCUT2D eigenvalue weighted by atomic mass is 10.1. The van der Waals surface area contributed by atoms with Crippen LogP contribution in [-0.4, -0.2) is 9.78 Å². The smallest absolute Gasteiger partial charge is 0.0972 e. The number of hydrogen-bond acceptors (Lipinski definition) is 4. The highest BCUT2D eigenvalue weighted by atomic mass is 32.1. The molecule has 3 N–H and O–H groups in total. The fourth-order valence-electron chi connectivity index (χ4n) is 2.17. The van der Waals surface area contributed by atoms with E-state index in [1.807, 2.05) is 16.9 Å². The summed E-state index contributed by atoms with van der Waals surface area (Å²) in [6.07, 6.45) is 3.94. The minimum atomic E-state index is 0.0361. The summed E-state index contributed by atoms with van der Waals surface area (Å²) in [7, 11) is 0. The topological polar surface area (TPSA) is 55.9 Å². The molecule has 18 heavy (non-hydrogen) atoms. The van der Waals surface area contributed by atoms with E-state index >= 15 is 0 Å². The molecule has 5 heteroatoms. The molecule has 0 saturated heterocycles. The third-order valence-electron chi connectivity index (χ3n) is 3.07. The lowest BCUT2D eigenvalue weighted by Gasteiger charge is -2.18. The molecule has 0 aromatic carbocycles. The number of nitrogens with zero attached hydrogens (tertiary/aromatic N) is 2. The van der Waals surface area contributed by atoms with Crippen molar-refractivity contribution in [2.45, 2.75) is 39.3 Å². The fourth-order valence-corrected chi connectivity index (χ4v) is 3.24. The van der Waals surface area contributed by atoms with Crippen LogP contribution in [0, 0.1) is 0 Å². The Morgan fingerprint density at radius 1 is 1.44 bits per heavy atom. The predicted octanol–water partition coefficient (Wildman–Crippen LogP) is 2.47. The second kappa shape index (κ2) is 6.13. The van der Waals surface area contributed by atoms with Crippen molar-refractivity contribution >= 4 is 11.3 Å². The predicted molar refractivity (Wildman–Crippen MR) is 75.4 cm³/mol. The Kier molecular flexibility index (Phi) is 4.52. The van der Waals surface area contributed by atoms with Gasteiger partial charge < -0.3 is 0 Å². The molecular weight excluding hydrogens is 244 g/mol. The summed E-state index contributed by atoms with van der Waals surface area (Å²) < 4.78 is 2.03. The summed E-state index contributed by atoms with van der Waals surface area (Å²) in [6.45, 7) is 5.24. The number of hydrogen-bond donors (Lipinski definition) is 2. The summed E-state index contributed by atoms with van der Waals surface area (Å²) in [5, 5.41) is 6.49. The summed E-state index contributed by atoms with van der Waals surface area (Å²) in [5.74, 6) is 5.76. The molecule has 0 aliphatic rings. The van der Waals surface area contributed by atoms with Crippen LogP contribution in [0.15, 0.2) is 23.7 Å². The normalized spacial score (nSPS) is 12.8. The van der Waals surface area contributed by atoms with Crippen LogP contribution in [0.2, 0.25) is 0 Å². The van der Waals surface area contributed by atoms with Crippen LogP contribution in [-0.2, 0) is 13.0 Å².